The Morgan fingerprint density at radius 2 is 1.95 bits per heavy atom. The van der Waals surface area contributed by atoms with E-state index in [4.69, 9.17) is 10.5 Å². The van der Waals surface area contributed by atoms with Crippen molar-refractivity contribution in [2.45, 2.75) is 58.1 Å². The molecule has 3 heteroatoms. The van der Waals surface area contributed by atoms with Gasteiger partial charge in [-0.05, 0) is 43.6 Å². The Labute approximate surface area is 118 Å². The highest BCUT2D eigenvalue weighted by Gasteiger charge is 2.46. The quantitative estimate of drug-likeness (QED) is 0.854. The predicted octanol–water partition coefficient (Wildman–Crippen LogP) is 2.50. The molecule has 112 valence electrons. The van der Waals surface area contributed by atoms with Gasteiger partial charge in [0.1, 0.15) is 0 Å². The van der Waals surface area contributed by atoms with E-state index in [9.17, 15) is 0 Å². The molecule has 5 atom stereocenters. The summed E-state index contributed by atoms with van der Waals surface area (Å²) in [5.74, 6) is 2.19. The normalized spacial score (nSPS) is 45.3. The molecule has 2 rings (SSSR count). The molecular weight excluding hydrogens is 236 g/mol. The highest BCUT2D eigenvalue weighted by molar-refractivity contribution is 5.02. The van der Waals surface area contributed by atoms with Gasteiger partial charge in [-0.3, -0.25) is 4.90 Å². The molecule has 19 heavy (non-hydrogen) atoms. The zero-order valence-electron chi connectivity index (χ0n) is 13.2. The third-order valence-electron chi connectivity index (χ3n) is 5.89. The van der Waals surface area contributed by atoms with Crippen molar-refractivity contribution in [1.29, 1.82) is 0 Å². The second-order valence-corrected chi connectivity index (χ2v) is 7.08. The number of methoxy groups -OCH3 is 1. The Hall–Kier alpha value is -0.120. The van der Waals surface area contributed by atoms with Crippen molar-refractivity contribution in [3.8, 4) is 0 Å². The molecule has 2 fully saturated rings. The molecule has 1 saturated carbocycles. The van der Waals surface area contributed by atoms with Crippen LogP contribution in [0.15, 0.2) is 0 Å². The van der Waals surface area contributed by atoms with Gasteiger partial charge in [-0.15, -0.1) is 0 Å². The van der Waals surface area contributed by atoms with Crippen LogP contribution in [-0.2, 0) is 4.74 Å². The fourth-order valence-corrected chi connectivity index (χ4v) is 4.31. The van der Waals surface area contributed by atoms with Crippen molar-refractivity contribution in [3.63, 3.8) is 0 Å². The van der Waals surface area contributed by atoms with Gasteiger partial charge >= 0.3 is 0 Å². The van der Waals surface area contributed by atoms with Gasteiger partial charge in [-0.1, -0.05) is 27.2 Å². The predicted molar refractivity (Wildman–Crippen MR) is 80.1 cm³/mol. The molecule has 1 aliphatic carbocycles. The summed E-state index contributed by atoms with van der Waals surface area (Å²) < 4.78 is 5.69. The Morgan fingerprint density at radius 3 is 2.58 bits per heavy atom. The largest absolute Gasteiger partial charge is 0.380 e. The maximum absolute atomic E-state index is 6.26. The van der Waals surface area contributed by atoms with E-state index in [1.165, 1.54) is 32.2 Å². The molecule has 0 aromatic carbocycles. The fraction of sp³-hybridized carbons (Fsp3) is 1.00. The molecule has 1 saturated heterocycles. The van der Waals surface area contributed by atoms with Crippen LogP contribution >= 0.6 is 0 Å². The first-order valence-electron chi connectivity index (χ1n) is 8.01. The number of likely N-dealkylation sites (tertiary alicyclic amines) is 1. The van der Waals surface area contributed by atoms with Crippen molar-refractivity contribution < 1.29 is 4.74 Å². The second-order valence-electron chi connectivity index (χ2n) is 7.08. The van der Waals surface area contributed by atoms with Gasteiger partial charge in [0.05, 0.1) is 6.10 Å². The first kappa shape index (κ1) is 15.3. The maximum atomic E-state index is 6.26. The van der Waals surface area contributed by atoms with Gasteiger partial charge in [0.2, 0.25) is 0 Å². The monoisotopic (exact) mass is 268 g/mol. The molecule has 0 bridgehead atoms. The molecule has 0 spiro atoms. The number of nitrogens with zero attached hydrogens (tertiary/aromatic N) is 1. The van der Waals surface area contributed by atoms with Crippen LogP contribution in [0.2, 0.25) is 0 Å². The van der Waals surface area contributed by atoms with Gasteiger partial charge in [0.25, 0.3) is 0 Å². The van der Waals surface area contributed by atoms with E-state index in [2.05, 4.69) is 25.7 Å². The zero-order valence-corrected chi connectivity index (χ0v) is 13.2. The van der Waals surface area contributed by atoms with Gasteiger partial charge in [0.15, 0.2) is 0 Å². The average molecular weight is 268 g/mol. The molecule has 3 nitrogen and oxygen atoms in total. The van der Waals surface area contributed by atoms with Crippen LogP contribution in [0.3, 0.4) is 0 Å². The van der Waals surface area contributed by atoms with E-state index in [0.29, 0.717) is 17.9 Å². The lowest BCUT2D eigenvalue weighted by molar-refractivity contribution is -0.0780. The zero-order chi connectivity index (χ0) is 14.0. The molecule has 1 aliphatic heterocycles. The van der Waals surface area contributed by atoms with Crippen LogP contribution in [0.25, 0.3) is 0 Å². The van der Waals surface area contributed by atoms with E-state index < -0.39 is 0 Å². The Morgan fingerprint density at radius 1 is 1.21 bits per heavy atom. The summed E-state index contributed by atoms with van der Waals surface area (Å²) in [6.45, 7) is 10.1. The minimum atomic E-state index is 0.217. The van der Waals surface area contributed by atoms with E-state index in [-0.39, 0.29) is 5.54 Å². The SMILES string of the molecule is COC1CN(C2(CN)CC(C)CCC2C)CCC1C. The summed E-state index contributed by atoms with van der Waals surface area (Å²) in [5, 5.41) is 0. The molecule has 2 N–H and O–H groups in total. The topological polar surface area (TPSA) is 38.5 Å². The summed E-state index contributed by atoms with van der Waals surface area (Å²) in [6.07, 6.45) is 5.56. The second kappa shape index (κ2) is 6.11. The molecule has 0 amide bonds. The van der Waals surface area contributed by atoms with Crippen LogP contribution in [-0.4, -0.2) is 43.3 Å². The minimum Gasteiger partial charge on any atom is -0.380 e. The summed E-state index contributed by atoms with van der Waals surface area (Å²) in [5.41, 5.74) is 6.48. The molecule has 2 aliphatic rings. The van der Waals surface area contributed by atoms with Crippen molar-refractivity contribution in [2.75, 3.05) is 26.7 Å². The van der Waals surface area contributed by atoms with Gasteiger partial charge in [-0.2, -0.15) is 0 Å². The van der Waals surface area contributed by atoms with Crippen molar-refractivity contribution in [2.24, 2.45) is 23.5 Å². The Bertz CT molecular complexity index is 296. The number of ether oxygens (including phenoxy) is 1. The lowest BCUT2D eigenvalue weighted by Crippen LogP contribution is -2.64. The van der Waals surface area contributed by atoms with Crippen molar-refractivity contribution in [3.05, 3.63) is 0 Å². The molecule has 0 aromatic rings. The third-order valence-corrected chi connectivity index (χ3v) is 5.89. The Kier molecular flexibility index (Phi) is 4.91. The van der Waals surface area contributed by atoms with Crippen LogP contribution in [0.5, 0.6) is 0 Å². The van der Waals surface area contributed by atoms with E-state index in [0.717, 1.165) is 19.0 Å². The first-order chi connectivity index (χ1) is 9.03. The van der Waals surface area contributed by atoms with Gasteiger partial charge < -0.3 is 10.5 Å². The highest BCUT2D eigenvalue weighted by atomic mass is 16.5. The van der Waals surface area contributed by atoms with Crippen LogP contribution < -0.4 is 5.73 Å². The molecule has 1 heterocycles. The minimum absolute atomic E-state index is 0.217. The fourth-order valence-electron chi connectivity index (χ4n) is 4.31. The summed E-state index contributed by atoms with van der Waals surface area (Å²) in [6, 6.07) is 0. The number of hydrogen-bond donors (Lipinski definition) is 1. The summed E-state index contributed by atoms with van der Waals surface area (Å²) >= 11 is 0. The molecular formula is C16H32N2O. The molecule has 0 radical (unpaired) electrons. The number of piperidine rings is 1. The van der Waals surface area contributed by atoms with Crippen LogP contribution in [0.4, 0.5) is 0 Å². The van der Waals surface area contributed by atoms with E-state index in [1.54, 1.807) is 0 Å². The molecule has 0 aromatic heterocycles. The van der Waals surface area contributed by atoms with Gasteiger partial charge in [-0.25, -0.2) is 0 Å². The standard InChI is InChI=1S/C16H32N2O/c1-12-5-6-14(3)16(9-12,11-17)18-8-7-13(2)15(10-18)19-4/h12-15H,5-11,17H2,1-4H3. The lowest BCUT2D eigenvalue weighted by atomic mass is 9.68. The lowest BCUT2D eigenvalue weighted by Gasteiger charge is -2.54. The van der Waals surface area contributed by atoms with Crippen LogP contribution in [0.1, 0.15) is 46.5 Å². The van der Waals surface area contributed by atoms with Crippen LogP contribution in [0, 0.1) is 17.8 Å². The van der Waals surface area contributed by atoms with E-state index >= 15 is 0 Å². The summed E-state index contributed by atoms with van der Waals surface area (Å²) in [4.78, 5) is 2.67. The van der Waals surface area contributed by atoms with Crippen molar-refractivity contribution in [1.82, 2.24) is 4.90 Å². The number of hydrogen-bond acceptors (Lipinski definition) is 3. The Balaban J connectivity index is 2.16. The number of nitrogens with two attached hydrogens (primary N) is 1. The average Bonchev–Trinajstić information content (AvgIpc) is 2.42. The van der Waals surface area contributed by atoms with Gasteiger partial charge in [0, 0.05) is 25.7 Å². The van der Waals surface area contributed by atoms with Crippen molar-refractivity contribution >= 4 is 0 Å². The van der Waals surface area contributed by atoms with E-state index in [1.807, 2.05) is 7.11 Å². The highest BCUT2D eigenvalue weighted by Crippen LogP contribution is 2.42. The first-order valence-corrected chi connectivity index (χ1v) is 8.01. The maximum Gasteiger partial charge on any atom is 0.0724 e. The molecule has 5 unspecified atom stereocenters. The summed E-state index contributed by atoms with van der Waals surface area (Å²) in [7, 11) is 1.85. The smallest absolute Gasteiger partial charge is 0.0724 e. The third kappa shape index (κ3) is 2.84. The number of rotatable bonds is 3.